The molecule has 2 aromatic carbocycles. The summed E-state index contributed by atoms with van der Waals surface area (Å²) in [6, 6.07) is 15.9. The molecule has 0 bridgehead atoms. The molecule has 156 valence electrons. The summed E-state index contributed by atoms with van der Waals surface area (Å²) in [5.74, 6) is 1.90. The summed E-state index contributed by atoms with van der Waals surface area (Å²) >= 11 is 0. The van der Waals surface area contributed by atoms with Crippen LogP contribution >= 0.6 is 0 Å². The van der Waals surface area contributed by atoms with Crippen LogP contribution in [0.15, 0.2) is 48.5 Å². The average molecular weight is 413 g/mol. The van der Waals surface area contributed by atoms with Gasteiger partial charge in [-0.1, -0.05) is 50.2 Å². The van der Waals surface area contributed by atoms with Gasteiger partial charge in [-0.25, -0.2) is 0 Å². The molecule has 3 rings (SSSR count). The molecule has 0 radical (unpaired) electrons. The van der Waals surface area contributed by atoms with Gasteiger partial charge in [0.1, 0.15) is 0 Å². The molecular formula is C24H32N2O2S. The van der Waals surface area contributed by atoms with Crippen molar-refractivity contribution in [2.75, 3.05) is 19.3 Å². The maximum absolute atomic E-state index is 12.5. The van der Waals surface area contributed by atoms with Crippen molar-refractivity contribution in [1.29, 1.82) is 0 Å². The van der Waals surface area contributed by atoms with Crippen molar-refractivity contribution in [3.63, 3.8) is 0 Å². The lowest BCUT2D eigenvalue weighted by molar-refractivity contribution is 0.0951. The first-order valence-corrected chi connectivity index (χ1v) is 12.1. The zero-order chi connectivity index (χ0) is 20.8. The second-order valence-corrected chi connectivity index (χ2v) is 9.99. The number of likely N-dealkylation sites (tertiary alicyclic amines) is 1. The SMILES string of the molecule is CC1CC(C)CN(Cc2ccc(CNC(=O)c3cccc(CS(C)=O)c3)cc2)C1. The molecule has 4 nitrogen and oxygen atoms in total. The quantitative estimate of drug-likeness (QED) is 0.749. The normalized spacial score (nSPS) is 20.9. The molecule has 1 amide bonds. The van der Waals surface area contributed by atoms with E-state index in [2.05, 4.69) is 48.3 Å². The minimum absolute atomic E-state index is 0.103. The highest BCUT2D eigenvalue weighted by molar-refractivity contribution is 7.83. The number of carbonyl (C=O) groups excluding carboxylic acids is 1. The van der Waals surface area contributed by atoms with Gasteiger partial charge < -0.3 is 5.32 Å². The standard InChI is InChI=1S/C24H32N2O2S/c1-18-11-19(2)15-26(14-18)16-21-9-7-20(8-10-21)13-25-24(27)23-6-4-5-22(12-23)17-29(3)28/h4-10,12,18-19H,11,13-17H2,1-3H3,(H,25,27). The summed E-state index contributed by atoms with van der Waals surface area (Å²) in [6.07, 6.45) is 3.00. The highest BCUT2D eigenvalue weighted by atomic mass is 32.2. The predicted octanol–water partition coefficient (Wildman–Crippen LogP) is 3.97. The first-order valence-electron chi connectivity index (χ1n) is 10.4. The lowest BCUT2D eigenvalue weighted by atomic mass is 9.91. The maximum atomic E-state index is 12.5. The van der Waals surface area contributed by atoms with Gasteiger partial charge in [0.2, 0.25) is 0 Å². The topological polar surface area (TPSA) is 49.4 Å². The zero-order valence-electron chi connectivity index (χ0n) is 17.7. The Bertz CT molecular complexity index is 840. The van der Waals surface area contributed by atoms with E-state index in [0.717, 1.165) is 29.5 Å². The third-order valence-electron chi connectivity index (χ3n) is 5.39. The molecular weight excluding hydrogens is 380 g/mol. The van der Waals surface area contributed by atoms with E-state index in [-0.39, 0.29) is 5.91 Å². The maximum Gasteiger partial charge on any atom is 0.251 e. The fourth-order valence-corrected chi connectivity index (χ4v) is 4.91. The minimum atomic E-state index is -0.916. The molecule has 1 fully saturated rings. The van der Waals surface area contributed by atoms with Crippen molar-refractivity contribution in [3.8, 4) is 0 Å². The summed E-state index contributed by atoms with van der Waals surface area (Å²) < 4.78 is 11.4. The molecule has 3 unspecified atom stereocenters. The Kier molecular flexibility index (Phi) is 7.62. The second kappa shape index (κ2) is 10.2. The van der Waals surface area contributed by atoms with Crippen molar-refractivity contribution < 1.29 is 9.00 Å². The van der Waals surface area contributed by atoms with E-state index in [4.69, 9.17) is 0 Å². The van der Waals surface area contributed by atoms with Gasteiger partial charge in [-0.05, 0) is 47.1 Å². The van der Waals surface area contributed by atoms with Crippen molar-refractivity contribution in [3.05, 3.63) is 70.8 Å². The van der Waals surface area contributed by atoms with E-state index >= 15 is 0 Å². The monoisotopic (exact) mass is 412 g/mol. The smallest absolute Gasteiger partial charge is 0.251 e. The van der Waals surface area contributed by atoms with E-state index in [1.54, 1.807) is 12.3 Å². The Morgan fingerprint density at radius 3 is 2.34 bits per heavy atom. The number of hydrogen-bond acceptors (Lipinski definition) is 3. The van der Waals surface area contributed by atoms with Gasteiger partial charge in [0, 0.05) is 54.6 Å². The van der Waals surface area contributed by atoms with Crippen LogP contribution < -0.4 is 5.32 Å². The van der Waals surface area contributed by atoms with Gasteiger partial charge in [0.15, 0.2) is 0 Å². The number of nitrogens with one attached hydrogen (secondary N) is 1. The van der Waals surface area contributed by atoms with Crippen molar-refractivity contribution in [2.24, 2.45) is 11.8 Å². The highest BCUT2D eigenvalue weighted by Crippen LogP contribution is 2.22. The van der Waals surface area contributed by atoms with Crippen LogP contribution in [0.1, 0.15) is 47.3 Å². The van der Waals surface area contributed by atoms with Crippen LogP contribution in [0.3, 0.4) is 0 Å². The van der Waals surface area contributed by atoms with Crippen LogP contribution in [-0.4, -0.2) is 34.4 Å². The van der Waals surface area contributed by atoms with Crippen molar-refractivity contribution in [1.82, 2.24) is 10.2 Å². The second-order valence-electron chi connectivity index (χ2n) is 8.56. The molecule has 1 aliphatic rings. The number of piperidine rings is 1. The van der Waals surface area contributed by atoms with Gasteiger partial charge in [0.05, 0.1) is 0 Å². The first-order chi connectivity index (χ1) is 13.9. The number of nitrogens with zero attached hydrogens (tertiary/aromatic N) is 1. The average Bonchev–Trinajstić information content (AvgIpc) is 2.66. The van der Waals surface area contributed by atoms with Crippen LogP contribution in [0.5, 0.6) is 0 Å². The highest BCUT2D eigenvalue weighted by Gasteiger charge is 2.21. The van der Waals surface area contributed by atoms with Crippen LogP contribution in [0.4, 0.5) is 0 Å². The van der Waals surface area contributed by atoms with Gasteiger partial charge in [-0.15, -0.1) is 0 Å². The largest absolute Gasteiger partial charge is 0.348 e. The fraction of sp³-hybridized carbons (Fsp3) is 0.458. The number of rotatable bonds is 7. The third-order valence-corrected chi connectivity index (χ3v) is 6.13. The van der Waals surface area contributed by atoms with E-state index in [0.29, 0.717) is 17.9 Å². The van der Waals surface area contributed by atoms with Gasteiger partial charge in [-0.2, -0.15) is 0 Å². The summed E-state index contributed by atoms with van der Waals surface area (Å²) in [5, 5.41) is 2.98. The molecule has 0 aromatic heterocycles. The molecule has 0 aliphatic carbocycles. The van der Waals surface area contributed by atoms with E-state index < -0.39 is 10.8 Å². The minimum Gasteiger partial charge on any atom is -0.348 e. The van der Waals surface area contributed by atoms with Crippen LogP contribution in [0.25, 0.3) is 0 Å². The Hall–Kier alpha value is -1.98. The molecule has 3 atom stereocenters. The van der Waals surface area contributed by atoms with Gasteiger partial charge in [-0.3, -0.25) is 13.9 Å². The Morgan fingerprint density at radius 2 is 1.69 bits per heavy atom. The number of benzene rings is 2. The van der Waals surface area contributed by atoms with Gasteiger partial charge in [0.25, 0.3) is 5.91 Å². The summed E-state index contributed by atoms with van der Waals surface area (Å²) in [4.78, 5) is 15.0. The first kappa shape index (κ1) is 21.7. The van der Waals surface area contributed by atoms with E-state index in [1.165, 1.54) is 25.1 Å². The molecule has 0 spiro atoms. The summed E-state index contributed by atoms with van der Waals surface area (Å²) in [6.45, 7) is 8.52. The van der Waals surface area contributed by atoms with E-state index in [1.807, 2.05) is 18.2 Å². The fourth-order valence-electron chi connectivity index (χ4n) is 4.26. The molecule has 2 aromatic rings. The molecule has 5 heteroatoms. The van der Waals surface area contributed by atoms with Gasteiger partial charge >= 0.3 is 0 Å². The zero-order valence-corrected chi connectivity index (χ0v) is 18.5. The molecule has 1 N–H and O–H groups in total. The van der Waals surface area contributed by atoms with Crippen molar-refractivity contribution in [2.45, 2.75) is 39.1 Å². The Morgan fingerprint density at radius 1 is 1.03 bits per heavy atom. The number of carbonyl (C=O) groups is 1. The molecule has 1 aliphatic heterocycles. The number of hydrogen-bond donors (Lipinski definition) is 1. The summed E-state index contributed by atoms with van der Waals surface area (Å²) in [7, 11) is -0.916. The number of amides is 1. The van der Waals surface area contributed by atoms with Crippen LogP contribution in [-0.2, 0) is 29.6 Å². The van der Waals surface area contributed by atoms with Crippen LogP contribution in [0, 0.1) is 11.8 Å². The molecule has 0 saturated carbocycles. The molecule has 1 saturated heterocycles. The van der Waals surface area contributed by atoms with Crippen molar-refractivity contribution >= 4 is 16.7 Å². The molecule has 29 heavy (non-hydrogen) atoms. The summed E-state index contributed by atoms with van der Waals surface area (Å²) in [5.41, 5.74) is 3.94. The Labute approximate surface area is 177 Å². The lowest BCUT2D eigenvalue weighted by Gasteiger charge is -2.35. The third kappa shape index (κ3) is 6.79. The molecule has 1 heterocycles. The Balaban J connectivity index is 1.52. The van der Waals surface area contributed by atoms with E-state index in [9.17, 15) is 9.00 Å². The van der Waals surface area contributed by atoms with Crippen LogP contribution in [0.2, 0.25) is 0 Å². The predicted molar refractivity (Wildman–Crippen MR) is 120 cm³/mol. The lowest BCUT2D eigenvalue weighted by Crippen LogP contribution is -2.38.